The number of aromatic nitrogens is 1. The van der Waals surface area contributed by atoms with Gasteiger partial charge in [0, 0.05) is 5.39 Å². The van der Waals surface area contributed by atoms with Crippen molar-refractivity contribution in [3.8, 4) is 0 Å². The maximum absolute atomic E-state index is 12.7. The minimum atomic E-state index is -4.39. The van der Waals surface area contributed by atoms with Crippen molar-refractivity contribution < 1.29 is 17.6 Å². The van der Waals surface area contributed by atoms with Crippen LogP contribution < -0.4 is 0 Å². The Balaban J connectivity index is 2.12. The molecule has 1 N–H and O–H groups in total. The molecule has 0 unspecified atom stereocenters. The molecule has 4 aromatic rings. The summed E-state index contributed by atoms with van der Waals surface area (Å²) in [7, 11) is 0. The van der Waals surface area contributed by atoms with Crippen LogP contribution >= 0.6 is 11.6 Å². The molecule has 0 aliphatic rings. The van der Waals surface area contributed by atoms with E-state index in [1.807, 2.05) is 6.07 Å². The Morgan fingerprint density at radius 3 is 2.67 bits per heavy atom. The van der Waals surface area contributed by atoms with E-state index >= 15 is 0 Å². The van der Waals surface area contributed by atoms with Gasteiger partial charge in [0.2, 0.25) is 0 Å². The zero-order chi connectivity index (χ0) is 14.8. The first-order valence-corrected chi connectivity index (χ1v) is 6.52. The first kappa shape index (κ1) is 12.6. The average molecular weight is 310 g/mol. The van der Waals surface area contributed by atoms with Gasteiger partial charge in [0.05, 0.1) is 27.0 Å². The molecule has 106 valence electrons. The number of furan rings is 1. The average Bonchev–Trinajstić information content (AvgIpc) is 2.93. The zero-order valence-electron chi connectivity index (χ0n) is 10.4. The van der Waals surface area contributed by atoms with Gasteiger partial charge in [0.25, 0.3) is 0 Å². The normalized spacial score (nSPS) is 12.8. The van der Waals surface area contributed by atoms with Crippen molar-refractivity contribution in [3.63, 3.8) is 0 Å². The fourth-order valence-electron chi connectivity index (χ4n) is 2.57. The molecule has 0 aliphatic carbocycles. The first-order valence-electron chi connectivity index (χ1n) is 6.15. The van der Waals surface area contributed by atoms with Gasteiger partial charge < -0.3 is 9.40 Å². The van der Waals surface area contributed by atoms with Crippen LogP contribution in [0.15, 0.2) is 40.8 Å². The van der Waals surface area contributed by atoms with Gasteiger partial charge in [-0.05, 0) is 30.3 Å². The number of hydrogen-bond acceptors (Lipinski definition) is 1. The molecular weight excluding hydrogens is 303 g/mol. The molecule has 0 saturated heterocycles. The van der Waals surface area contributed by atoms with Gasteiger partial charge in [-0.2, -0.15) is 13.2 Å². The fraction of sp³-hybridized carbons (Fsp3) is 0.0667. The molecule has 0 amide bonds. The van der Waals surface area contributed by atoms with Gasteiger partial charge in [-0.1, -0.05) is 17.7 Å². The van der Waals surface area contributed by atoms with Gasteiger partial charge in [0.1, 0.15) is 5.58 Å². The molecule has 0 saturated carbocycles. The van der Waals surface area contributed by atoms with Gasteiger partial charge in [0.15, 0.2) is 5.58 Å². The summed E-state index contributed by atoms with van der Waals surface area (Å²) in [5.74, 6) is 0. The summed E-state index contributed by atoms with van der Waals surface area (Å²) in [6.07, 6.45) is -4.39. The second-order valence-electron chi connectivity index (χ2n) is 4.80. The van der Waals surface area contributed by atoms with E-state index in [0.717, 1.165) is 17.6 Å². The lowest BCUT2D eigenvalue weighted by atomic mass is 10.1. The number of benzene rings is 2. The van der Waals surface area contributed by atoms with Crippen LogP contribution in [0, 0.1) is 0 Å². The van der Waals surface area contributed by atoms with E-state index in [0.29, 0.717) is 26.9 Å². The third-order valence-corrected chi connectivity index (χ3v) is 3.83. The number of fused-ring (bicyclic) bond motifs is 5. The standard InChI is InChI=1S/C15H7ClF3NO/c16-9-2-1-3-10-12(9)14-13(20-10)8-5-4-7(15(17,18)19)6-11(8)21-14/h1-6,20H. The van der Waals surface area contributed by atoms with Crippen molar-refractivity contribution in [3.05, 3.63) is 47.0 Å². The highest BCUT2D eigenvalue weighted by Crippen LogP contribution is 2.39. The van der Waals surface area contributed by atoms with Gasteiger partial charge in [-0.25, -0.2) is 0 Å². The molecule has 2 aromatic heterocycles. The lowest BCUT2D eigenvalue weighted by Gasteiger charge is -2.05. The van der Waals surface area contributed by atoms with E-state index in [9.17, 15) is 13.2 Å². The third-order valence-electron chi connectivity index (χ3n) is 3.52. The molecule has 0 radical (unpaired) electrons. The highest BCUT2D eigenvalue weighted by atomic mass is 35.5. The molecule has 2 nitrogen and oxygen atoms in total. The molecule has 2 heterocycles. The van der Waals surface area contributed by atoms with Crippen LogP contribution in [-0.4, -0.2) is 4.98 Å². The number of alkyl halides is 3. The lowest BCUT2D eigenvalue weighted by Crippen LogP contribution is -2.03. The molecular formula is C15H7ClF3NO. The number of aromatic amines is 1. The molecule has 0 atom stereocenters. The van der Waals surface area contributed by atoms with E-state index in [1.165, 1.54) is 6.07 Å². The van der Waals surface area contributed by atoms with Crippen LogP contribution in [0.3, 0.4) is 0 Å². The maximum Gasteiger partial charge on any atom is 0.416 e. The Bertz CT molecular complexity index is 997. The Morgan fingerprint density at radius 1 is 1.10 bits per heavy atom. The van der Waals surface area contributed by atoms with Gasteiger partial charge in [-0.3, -0.25) is 0 Å². The molecule has 4 rings (SSSR count). The summed E-state index contributed by atoms with van der Waals surface area (Å²) < 4.78 is 43.8. The van der Waals surface area contributed by atoms with E-state index in [1.54, 1.807) is 12.1 Å². The Kier molecular flexibility index (Phi) is 2.37. The van der Waals surface area contributed by atoms with E-state index in [-0.39, 0.29) is 5.58 Å². The summed E-state index contributed by atoms with van der Waals surface area (Å²) in [6.45, 7) is 0. The fourth-order valence-corrected chi connectivity index (χ4v) is 2.83. The number of nitrogens with one attached hydrogen (secondary N) is 1. The van der Waals surface area contributed by atoms with Crippen molar-refractivity contribution in [1.29, 1.82) is 0 Å². The summed E-state index contributed by atoms with van der Waals surface area (Å²) in [4.78, 5) is 3.14. The molecule has 21 heavy (non-hydrogen) atoms. The maximum atomic E-state index is 12.7. The number of H-pyrrole nitrogens is 1. The minimum Gasteiger partial charge on any atom is -0.454 e. The quantitative estimate of drug-likeness (QED) is 0.441. The first-order chi connectivity index (χ1) is 9.95. The molecule has 0 fully saturated rings. The highest BCUT2D eigenvalue weighted by molar-refractivity contribution is 6.38. The summed E-state index contributed by atoms with van der Waals surface area (Å²) >= 11 is 6.15. The zero-order valence-corrected chi connectivity index (χ0v) is 11.1. The second-order valence-corrected chi connectivity index (χ2v) is 5.21. The Labute approximate surface area is 121 Å². The SMILES string of the molecule is FC(F)(F)c1ccc2c(c1)oc1c2[nH]c2cccc(Cl)c21. The molecule has 0 aliphatic heterocycles. The van der Waals surface area contributed by atoms with Crippen LogP contribution in [0.25, 0.3) is 33.0 Å². The van der Waals surface area contributed by atoms with Gasteiger partial charge >= 0.3 is 6.18 Å². The summed E-state index contributed by atoms with van der Waals surface area (Å²) in [6, 6.07) is 8.81. The van der Waals surface area contributed by atoms with Crippen LogP contribution in [-0.2, 0) is 6.18 Å². The lowest BCUT2D eigenvalue weighted by molar-refractivity contribution is -0.137. The van der Waals surface area contributed by atoms with Crippen LogP contribution in [0.4, 0.5) is 13.2 Å². The van der Waals surface area contributed by atoms with Crippen molar-refractivity contribution in [2.45, 2.75) is 6.18 Å². The predicted molar refractivity (Wildman–Crippen MR) is 75.6 cm³/mol. The predicted octanol–water partition coefficient (Wildman–Crippen LogP) is 5.74. The van der Waals surface area contributed by atoms with Crippen LogP contribution in [0.2, 0.25) is 5.02 Å². The number of rotatable bonds is 0. The van der Waals surface area contributed by atoms with Crippen molar-refractivity contribution in [2.75, 3.05) is 0 Å². The summed E-state index contributed by atoms with van der Waals surface area (Å²) in [5.41, 5.74) is 1.37. The van der Waals surface area contributed by atoms with Crippen molar-refractivity contribution >= 4 is 44.6 Å². The monoisotopic (exact) mass is 309 g/mol. The Hall–Kier alpha value is -2.14. The van der Waals surface area contributed by atoms with Crippen molar-refractivity contribution in [1.82, 2.24) is 4.98 Å². The molecule has 0 bridgehead atoms. The van der Waals surface area contributed by atoms with Crippen molar-refractivity contribution in [2.24, 2.45) is 0 Å². The minimum absolute atomic E-state index is 0.188. The van der Waals surface area contributed by atoms with E-state index in [2.05, 4.69) is 4.98 Å². The topological polar surface area (TPSA) is 28.9 Å². The van der Waals surface area contributed by atoms with Gasteiger partial charge in [-0.15, -0.1) is 0 Å². The number of halogens is 4. The van der Waals surface area contributed by atoms with Crippen LogP contribution in [0.5, 0.6) is 0 Å². The highest BCUT2D eigenvalue weighted by Gasteiger charge is 2.31. The summed E-state index contributed by atoms with van der Waals surface area (Å²) in [5, 5.41) is 1.78. The molecule has 0 spiro atoms. The van der Waals surface area contributed by atoms with E-state index < -0.39 is 11.7 Å². The smallest absolute Gasteiger partial charge is 0.416 e. The largest absolute Gasteiger partial charge is 0.454 e. The third kappa shape index (κ3) is 1.74. The molecule has 2 aromatic carbocycles. The van der Waals surface area contributed by atoms with E-state index in [4.69, 9.17) is 16.0 Å². The number of hydrogen-bond donors (Lipinski definition) is 1. The second kappa shape index (κ2) is 3.95. The Morgan fingerprint density at radius 2 is 1.90 bits per heavy atom. The van der Waals surface area contributed by atoms with Crippen LogP contribution in [0.1, 0.15) is 5.56 Å². The molecule has 6 heteroatoms.